The molecule has 9 heteroatoms. The molecule has 172 valence electrons. The fraction of sp³-hybridized carbons (Fsp3) is 0.200. The van der Waals surface area contributed by atoms with E-state index in [9.17, 15) is 14.0 Å². The molecular weight excluding hydrogens is 457 g/mol. The van der Waals surface area contributed by atoms with Crippen molar-refractivity contribution in [3.8, 4) is 11.8 Å². The Morgan fingerprint density at radius 3 is 2.76 bits per heavy atom. The van der Waals surface area contributed by atoms with Gasteiger partial charge in [0.05, 0.1) is 28.5 Å². The molecule has 3 aromatic rings. The number of thiazole rings is 1. The van der Waals surface area contributed by atoms with E-state index >= 15 is 0 Å². The van der Waals surface area contributed by atoms with Crippen LogP contribution < -0.4 is 19.6 Å². The highest BCUT2D eigenvalue weighted by molar-refractivity contribution is 7.07. The van der Waals surface area contributed by atoms with Crippen molar-refractivity contribution in [2.24, 2.45) is 4.99 Å². The van der Waals surface area contributed by atoms with E-state index in [0.717, 1.165) is 0 Å². The average molecular weight is 478 g/mol. The second kappa shape index (κ2) is 9.85. The molecule has 0 radical (unpaired) electrons. The molecule has 0 saturated carbocycles. The number of nitrogens with zero attached hydrogens (tertiary/aromatic N) is 3. The zero-order valence-electron chi connectivity index (χ0n) is 18.4. The Balaban J connectivity index is 1.88. The highest BCUT2D eigenvalue weighted by Gasteiger charge is 2.33. The van der Waals surface area contributed by atoms with Gasteiger partial charge in [-0.15, -0.1) is 0 Å². The summed E-state index contributed by atoms with van der Waals surface area (Å²) >= 11 is 1.19. The maximum Gasteiger partial charge on any atom is 0.338 e. The van der Waals surface area contributed by atoms with Gasteiger partial charge in [-0.1, -0.05) is 35.6 Å². The predicted molar refractivity (Wildman–Crippen MR) is 124 cm³/mol. The van der Waals surface area contributed by atoms with Crippen molar-refractivity contribution in [3.63, 3.8) is 0 Å². The summed E-state index contributed by atoms with van der Waals surface area (Å²) in [5.74, 6) is -0.490. The second-order valence-corrected chi connectivity index (χ2v) is 8.38. The lowest BCUT2D eigenvalue weighted by atomic mass is 9.96. The summed E-state index contributed by atoms with van der Waals surface area (Å²) in [6.07, 6.45) is 1.70. The van der Waals surface area contributed by atoms with Crippen LogP contribution in [0, 0.1) is 17.1 Å². The van der Waals surface area contributed by atoms with Crippen molar-refractivity contribution in [2.45, 2.75) is 19.9 Å². The Bertz CT molecular complexity index is 1500. The first-order valence-corrected chi connectivity index (χ1v) is 11.3. The summed E-state index contributed by atoms with van der Waals surface area (Å²) in [5, 5.41) is 8.72. The molecule has 1 aliphatic rings. The minimum absolute atomic E-state index is 0.0841. The Morgan fingerprint density at radius 2 is 2.06 bits per heavy atom. The molecule has 2 heterocycles. The normalized spacial score (nSPS) is 15.4. The van der Waals surface area contributed by atoms with E-state index in [2.05, 4.69) is 4.99 Å². The molecule has 0 spiro atoms. The van der Waals surface area contributed by atoms with E-state index in [-0.39, 0.29) is 24.3 Å². The number of aromatic nitrogens is 1. The first-order valence-electron chi connectivity index (χ1n) is 10.5. The minimum Gasteiger partial charge on any atom is -0.479 e. The Labute approximate surface area is 198 Å². The lowest BCUT2D eigenvalue weighted by molar-refractivity contribution is -0.139. The number of carbonyl (C=O) groups excluding carboxylic acids is 1. The van der Waals surface area contributed by atoms with Crippen molar-refractivity contribution in [2.75, 3.05) is 13.2 Å². The molecule has 0 saturated heterocycles. The largest absolute Gasteiger partial charge is 0.479 e. The van der Waals surface area contributed by atoms with Gasteiger partial charge in [0.2, 0.25) is 0 Å². The number of nitriles is 1. The van der Waals surface area contributed by atoms with Gasteiger partial charge in [0.15, 0.2) is 11.4 Å². The number of carbonyl (C=O) groups is 1. The van der Waals surface area contributed by atoms with Gasteiger partial charge in [-0.3, -0.25) is 9.36 Å². The van der Waals surface area contributed by atoms with Crippen molar-refractivity contribution in [1.29, 1.82) is 5.26 Å². The zero-order valence-corrected chi connectivity index (χ0v) is 19.3. The number of esters is 1. The molecule has 4 rings (SSSR count). The molecule has 1 aliphatic heterocycles. The quantitative estimate of drug-likeness (QED) is 0.509. The van der Waals surface area contributed by atoms with Gasteiger partial charge < -0.3 is 9.47 Å². The number of allylic oxidation sites excluding steroid dienone is 1. The summed E-state index contributed by atoms with van der Waals surface area (Å²) < 4.78 is 26.0. The first kappa shape index (κ1) is 23.1. The maximum absolute atomic E-state index is 13.6. The molecule has 1 aromatic heterocycles. The third-order valence-electron chi connectivity index (χ3n) is 5.16. The van der Waals surface area contributed by atoms with E-state index in [0.29, 0.717) is 31.9 Å². The standard InChI is InChI=1S/C25H20FN3O4S/c1-3-32-24(31)21-15(2)28-25-29(22(21)17-7-9-18(26)10-8-17)23(30)20(34-25)14-16-5-4-6-19(13-16)33-12-11-27/h4-10,13-14,22H,3,12H2,1-2H3/b20-14-/t22-/m1/s1. The average Bonchev–Trinajstić information content (AvgIpc) is 3.12. The van der Waals surface area contributed by atoms with E-state index in [1.54, 1.807) is 50.3 Å². The lowest BCUT2D eigenvalue weighted by Crippen LogP contribution is -2.39. The highest BCUT2D eigenvalue weighted by Crippen LogP contribution is 2.30. The maximum atomic E-state index is 13.6. The second-order valence-electron chi connectivity index (χ2n) is 7.37. The molecule has 1 atom stereocenters. The SMILES string of the molecule is CCOC(=O)C1=C(C)N=c2s/c(=C\c3cccc(OCC#N)c3)c(=O)n2[C@@H]1c1ccc(F)cc1. The molecule has 0 N–H and O–H groups in total. The Hall–Kier alpha value is -4.03. The van der Waals surface area contributed by atoms with Gasteiger partial charge in [-0.25, -0.2) is 14.2 Å². The third-order valence-corrected chi connectivity index (χ3v) is 6.14. The van der Waals surface area contributed by atoms with Crippen LogP contribution in [-0.2, 0) is 9.53 Å². The van der Waals surface area contributed by atoms with E-state index < -0.39 is 17.8 Å². The van der Waals surface area contributed by atoms with Crippen LogP contribution in [0.3, 0.4) is 0 Å². The summed E-state index contributed by atoms with van der Waals surface area (Å²) in [7, 11) is 0. The number of rotatable bonds is 6. The van der Waals surface area contributed by atoms with Crippen LogP contribution in [0.5, 0.6) is 5.75 Å². The molecule has 0 unspecified atom stereocenters. The summed E-state index contributed by atoms with van der Waals surface area (Å²) in [6.45, 7) is 3.47. The van der Waals surface area contributed by atoms with Gasteiger partial charge in [-0.05, 0) is 55.3 Å². The number of hydrogen-bond donors (Lipinski definition) is 0. The Morgan fingerprint density at radius 1 is 1.29 bits per heavy atom. The van der Waals surface area contributed by atoms with E-state index in [1.165, 1.54) is 28.0 Å². The van der Waals surface area contributed by atoms with Crippen LogP contribution in [-0.4, -0.2) is 23.8 Å². The number of ether oxygens (including phenoxy) is 2. The van der Waals surface area contributed by atoms with E-state index in [4.69, 9.17) is 14.7 Å². The minimum atomic E-state index is -0.802. The van der Waals surface area contributed by atoms with Crippen LogP contribution in [0.1, 0.15) is 31.0 Å². The number of fused-ring (bicyclic) bond motifs is 1. The van der Waals surface area contributed by atoms with Gasteiger partial charge in [-0.2, -0.15) is 5.26 Å². The molecule has 0 amide bonds. The van der Waals surface area contributed by atoms with Crippen LogP contribution in [0.2, 0.25) is 0 Å². The molecule has 2 aromatic carbocycles. The van der Waals surface area contributed by atoms with Crippen LogP contribution in [0.25, 0.3) is 6.08 Å². The molecular formula is C25H20FN3O4S. The van der Waals surface area contributed by atoms with Crippen molar-refractivity contribution < 1.29 is 18.7 Å². The van der Waals surface area contributed by atoms with Gasteiger partial charge in [0, 0.05) is 0 Å². The summed E-state index contributed by atoms with van der Waals surface area (Å²) in [6, 6.07) is 13.8. The highest BCUT2D eigenvalue weighted by atomic mass is 32.1. The number of hydrogen-bond acceptors (Lipinski definition) is 7. The summed E-state index contributed by atoms with van der Waals surface area (Å²) in [4.78, 5) is 31.3. The Kier molecular flexibility index (Phi) is 6.70. The number of halogens is 1. The smallest absolute Gasteiger partial charge is 0.338 e. The van der Waals surface area contributed by atoms with Gasteiger partial charge >= 0.3 is 5.97 Å². The summed E-state index contributed by atoms with van der Waals surface area (Å²) in [5.41, 5.74) is 1.61. The molecule has 0 aliphatic carbocycles. The van der Waals surface area contributed by atoms with Crippen molar-refractivity contribution in [3.05, 3.63) is 96.4 Å². The third kappa shape index (κ3) is 4.54. The van der Waals surface area contributed by atoms with E-state index in [1.807, 2.05) is 12.1 Å². The molecule has 0 bridgehead atoms. The molecule has 0 fully saturated rings. The van der Waals surface area contributed by atoms with Gasteiger partial charge in [0.25, 0.3) is 5.56 Å². The first-order chi connectivity index (χ1) is 16.4. The molecule has 34 heavy (non-hydrogen) atoms. The monoisotopic (exact) mass is 477 g/mol. The molecule has 7 nitrogen and oxygen atoms in total. The fourth-order valence-corrected chi connectivity index (χ4v) is 4.76. The van der Waals surface area contributed by atoms with Crippen LogP contribution in [0.15, 0.2) is 69.6 Å². The lowest BCUT2D eigenvalue weighted by Gasteiger charge is -2.24. The zero-order chi connectivity index (χ0) is 24.2. The van der Waals surface area contributed by atoms with Crippen molar-refractivity contribution >= 4 is 23.4 Å². The van der Waals surface area contributed by atoms with Crippen LogP contribution >= 0.6 is 11.3 Å². The van der Waals surface area contributed by atoms with Crippen molar-refractivity contribution in [1.82, 2.24) is 4.57 Å². The van der Waals surface area contributed by atoms with Crippen LogP contribution in [0.4, 0.5) is 4.39 Å². The fourth-order valence-electron chi connectivity index (χ4n) is 3.71. The topological polar surface area (TPSA) is 93.7 Å². The predicted octanol–water partition coefficient (Wildman–Crippen LogP) is 2.84. The van der Waals surface area contributed by atoms with Gasteiger partial charge in [0.1, 0.15) is 17.6 Å². The number of benzene rings is 2.